The minimum atomic E-state index is -1.44. The summed E-state index contributed by atoms with van der Waals surface area (Å²) in [6, 6.07) is 17.8. The molecule has 0 radical (unpaired) electrons. The Hall–Kier alpha value is -1.62. The van der Waals surface area contributed by atoms with E-state index in [4.69, 9.17) is 4.74 Å². The second-order valence-electron chi connectivity index (χ2n) is 4.20. The van der Waals surface area contributed by atoms with E-state index in [9.17, 15) is 9.90 Å². The maximum atomic E-state index is 12.2. The molecule has 1 amide bonds. The van der Waals surface area contributed by atoms with Crippen LogP contribution in [0.15, 0.2) is 65.7 Å². The average Bonchev–Trinajstić information content (AvgIpc) is 2.76. The van der Waals surface area contributed by atoms with E-state index < -0.39 is 17.6 Å². The molecule has 94 valence electrons. The molecule has 3 rings (SSSR count). The molecule has 1 aliphatic rings. The first-order chi connectivity index (χ1) is 9.23. The second-order valence-corrected chi connectivity index (χ2v) is 4.20. The molecule has 1 aliphatic heterocycles. The number of hydrogen-bond acceptors (Lipinski definition) is 3. The van der Waals surface area contributed by atoms with Crippen molar-refractivity contribution in [2.75, 3.05) is 0 Å². The minimum Gasteiger partial charge on any atom is -0.575 e. The Morgan fingerprint density at radius 3 is 1.70 bits per heavy atom. The van der Waals surface area contributed by atoms with Crippen LogP contribution in [0.4, 0.5) is 0 Å². The van der Waals surface area contributed by atoms with Gasteiger partial charge in [0.25, 0.3) is 5.91 Å². The number of hydrogen-bond donors (Lipinski definition) is 0. The third kappa shape index (κ3) is 2.26. The Morgan fingerprint density at radius 1 is 0.900 bits per heavy atom. The summed E-state index contributed by atoms with van der Waals surface area (Å²) in [7, 11) is 0. The maximum absolute atomic E-state index is 12.2. The van der Waals surface area contributed by atoms with Crippen molar-refractivity contribution in [3.8, 4) is 0 Å². The fourth-order valence-corrected chi connectivity index (χ4v) is 2.24. The molecule has 0 aliphatic carbocycles. The van der Waals surface area contributed by atoms with Crippen molar-refractivity contribution in [2.24, 2.45) is 4.99 Å². The summed E-state index contributed by atoms with van der Waals surface area (Å²) in [4.78, 5) is 15.6. The molecule has 2 aromatic carbocycles. The molecule has 0 aromatic heterocycles. The van der Waals surface area contributed by atoms with Gasteiger partial charge in [0.2, 0.25) is 0 Å². The van der Waals surface area contributed by atoms with Crippen molar-refractivity contribution in [2.45, 2.75) is 5.60 Å². The number of amides is 1. The van der Waals surface area contributed by atoms with E-state index in [2.05, 4.69) is 4.99 Å². The predicted molar refractivity (Wildman–Crippen MR) is 67.2 cm³/mol. The molecule has 0 atom stereocenters. The zero-order valence-corrected chi connectivity index (χ0v) is 12.9. The summed E-state index contributed by atoms with van der Waals surface area (Å²) in [5.74, 6) is -0.588. The molecule has 0 saturated carbocycles. The van der Waals surface area contributed by atoms with Crippen molar-refractivity contribution >= 4 is 12.0 Å². The molecular formula is C15H10NNaO3. The van der Waals surface area contributed by atoms with E-state index in [0.717, 1.165) is 0 Å². The Labute approximate surface area is 138 Å². The van der Waals surface area contributed by atoms with Gasteiger partial charge in [-0.15, -0.1) is 0 Å². The van der Waals surface area contributed by atoms with Crippen molar-refractivity contribution < 1.29 is 44.2 Å². The molecule has 0 N–H and O–H groups in total. The molecule has 1 heterocycles. The van der Waals surface area contributed by atoms with Crippen LogP contribution >= 0.6 is 0 Å². The smallest absolute Gasteiger partial charge is 0.575 e. The monoisotopic (exact) mass is 275 g/mol. The molecule has 4 nitrogen and oxygen atoms in total. The molecule has 0 unspecified atom stereocenters. The van der Waals surface area contributed by atoms with E-state index in [1.54, 1.807) is 48.5 Å². The van der Waals surface area contributed by atoms with E-state index in [1.807, 2.05) is 12.1 Å². The zero-order chi connectivity index (χ0) is 13.3. The average molecular weight is 275 g/mol. The zero-order valence-electron chi connectivity index (χ0n) is 10.9. The number of benzene rings is 2. The van der Waals surface area contributed by atoms with E-state index in [0.29, 0.717) is 11.1 Å². The summed E-state index contributed by atoms with van der Waals surface area (Å²) in [6.45, 7) is 0. The predicted octanol–water partition coefficient (Wildman–Crippen LogP) is -1.79. The van der Waals surface area contributed by atoms with Gasteiger partial charge >= 0.3 is 29.6 Å². The van der Waals surface area contributed by atoms with Gasteiger partial charge in [-0.05, 0) is 11.1 Å². The molecular weight excluding hydrogens is 265 g/mol. The van der Waals surface area contributed by atoms with E-state index in [1.165, 1.54) is 0 Å². The fraction of sp³-hybridized carbons (Fsp3) is 0.0667. The van der Waals surface area contributed by atoms with Gasteiger partial charge in [0.05, 0.1) is 0 Å². The van der Waals surface area contributed by atoms with Gasteiger partial charge in [-0.2, -0.15) is 4.99 Å². The van der Waals surface area contributed by atoms with Gasteiger partial charge in [-0.1, -0.05) is 60.7 Å². The van der Waals surface area contributed by atoms with Crippen LogP contribution in [-0.2, 0) is 15.1 Å². The summed E-state index contributed by atoms with van der Waals surface area (Å²) in [6.07, 6.45) is -0.849. The van der Waals surface area contributed by atoms with Crippen molar-refractivity contribution in [3.05, 3.63) is 71.8 Å². The molecule has 0 saturated heterocycles. The Kier molecular flexibility index (Phi) is 4.28. The number of rotatable bonds is 2. The van der Waals surface area contributed by atoms with Gasteiger partial charge in [0.1, 0.15) is 0 Å². The number of carbonyl (C=O) groups is 1. The Morgan fingerprint density at radius 2 is 1.35 bits per heavy atom. The topological polar surface area (TPSA) is 61.7 Å². The van der Waals surface area contributed by atoms with Gasteiger partial charge in [-0.25, -0.2) is 0 Å². The summed E-state index contributed by atoms with van der Waals surface area (Å²) >= 11 is 0. The van der Waals surface area contributed by atoms with Crippen LogP contribution in [-0.4, -0.2) is 12.0 Å². The third-order valence-electron chi connectivity index (χ3n) is 3.10. The first kappa shape index (κ1) is 14.8. The van der Waals surface area contributed by atoms with Gasteiger partial charge in [0.15, 0.2) is 11.7 Å². The fourth-order valence-electron chi connectivity index (χ4n) is 2.24. The number of carbonyl (C=O) groups excluding carboxylic acids is 1. The van der Waals surface area contributed by atoms with Crippen LogP contribution in [0, 0.1) is 0 Å². The molecule has 0 fully saturated rings. The third-order valence-corrected chi connectivity index (χ3v) is 3.10. The molecule has 2 aromatic rings. The Bertz CT molecular complexity index is 601. The maximum Gasteiger partial charge on any atom is 1.00 e. The van der Waals surface area contributed by atoms with E-state index >= 15 is 0 Å². The van der Waals surface area contributed by atoms with Gasteiger partial charge in [-0.3, -0.25) is 4.79 Å². The summed E-state index contributed by atoms with van der Waals surface area (Å²) < 4.78 is 5.28. The first-order valence-electron chi connectivity index (χ1n) is 5.84. The van der Waals surface area contributed by atoms with E-state index in [-0.39, 0.29) is 29.6 Å². The SMILES string of the molecule is O=C1N=C([O-])OC1(c1ccccc1)c1ccccc1.[Na+]. The summed E-state index contributed by atoms with van der Waals surface area (Å²) in [5, 5.41) is 11.4. The van der Waals surface area contributed by atoms with Crippen molar-refractivity contribution in [1.82, 2.24) is 0 Å². The Balaban J connectivity index is 0.00000147. The molecule has 5 heteroatoms. The van der Waals surface area contributed by atoms with Crippen LogP contribution in [0.3, 0.4) is 0 Å². The van der Waals surface area contributed by atoms with Crippen LogP contribution < -0.4 is 34.7 Å². The minimum absolute atomic E-state index is 0. The first-order valence-corrected chi connectivity index (χ1v) is 5.84. The number of ether oxygens (including phenoxy) is 1. The van der Waals surface area contributed by atoms with Crippen LogP contribution in [0.5, 0.6) is 0 Å². The van der Waals surface area contributed by atoms with Gasteiger partial charge < -0.3 is 9.84 Å². The van der Waals surface area contributed by atoms with Crippen molar-refractivity contribution in [1.29, 1.82) is 0 Å². The standard InChI is InChI=1S/C15H11NO3.Na/c17-13-15(19-14(18)16-13,11-7-3-1-4-8-11)12-9-5-2-6-10-12;/h1-10H,(H,16,17,18);/q;+1/p-1. The quantitative estimate of drug-likeness (QED) is 0.608. The summed E-state index contributed by atoms with van der Waals surface area (Å²) in [5.41, 5.74) is -0.249. The molecule has 20 heavy (non-hydrogen) atoms. The largest absolute Gasteiger partial charge is 1.00 e. The molecule has 0 spiro atoms. The number of nitrogens with zero attached hydrogens (tertiary/aromatic N) is 1. The van der Waals surface area contributed by atoms with Crippen molar-refractivity contribution in [3.63, 3.8) is 0 Å². The van der Waals surface area contributed by atoms with Crippen LogP contribution in [0.1, 0.15) is 11.1 Å². The van der Waals surface area contributed by atoms with Crippen LogP contribution in [0.25, 0.3) is 0 Å². The normalized spacial score (nSPS) is 16.0. The molecule has 0 bridgehead atoms. The van der Waals surface area contributed by atoms with Crippen LogP contribution in [0.2, 0.25) is 0 Å². The van der Waals surface area contributed by atoms with Gasteiger partial charge in [0, 0.05) is 0 Å². The number of aliphatic imine (C=N–C) groups is 1. The second kappa shape index (κ2) is 5.79.